The van der Waals surface area contributed by atoms with Crippen molar-refractivity contribution >= 4 is 6.47 Å². The van der Waals surface area contributed by atoms with Gasteiger partial charge in [0.05, 0.1) is 6.61 Å². The molecule has 0 atom stereocenters. The predicted molar refractivity (Wildman–Crippen MR) is 36.9 cm³/mol. The summed E-state index contributed by atoms with van der Waals surface area (Å²) < 4.78 is 4.41. The van der Waals surface area contributed by atoms with E-state index >= 15 is 0 Å². The summed E-state index contributed by atoms with van der Waals surface area (Å²) in [5.74, 6) is 0. The first-order valence-electron chi connectivity index (χ1n) is 2.96. The topological polar surface area (TPSA) is 26.3 Å². The van der Waals surface area contributed by atoms with Crippen LogP contribution in [0.4, 0.5) is 0 Å². The molecular formula is C8H7NaO2. The molecule has 0 amide bonds. The molecule has 1 aromatic carbocycles. The molecule has 1 aromatic rings. The van der Waals surface area contributed by atoms with Crippen molar-refractivity contribution in [3.05, 3.63) is 35.9 Å². The van der Waals surface area contributed by atoms with Gasteiger partial charge in [0.1, 0.15) is 0 Å². The fourth-order valence-electron chi connectivity index (χ4n) is 0.687. The summed E-state index contributed by atoms with van der Waals surface area (Å²) in [6.07, 6.45) is 0. The van der Waals surface area contributed by atoms with Crippen molar-refractivity contribution in [1.82, 2.24) is 0 Å². The van der Waals surface area contributed by atoms with E-state index < -0.39 is 0 Å². The molecule has 3 heteroatoms. The zero-order valence-corrected chi connectivity index (χ0v) is 8.41. The molecule has 52 valence electrons. The molecule has 0 bridgehead atoms. The van der Waals surface area contributed by atoms with E-state index in [1.807, 2.05) is 30.3 Å². The quantitative estimate of drug-likeness (QED) is 0.386. The van der Waals surface area contributed by atoms with Crippen molar-refractivity contribution < 1.29 is 39.1 Å². The van der Waals surface area contributed by atoms with Crippen LogP contribution in [0.5, 0.6) is 0 Å². The van der Waals surface area contributed by atoms with E-state index in [-0.39, 0.29) is 29.6 Å². The van der Waals surface area contributed by atoms with Gasteiger partial charge in [-0.25, -0.2) is 0 Å². The Morgan fingerprint density at radius 2 is 1.91 bits per heavy atom. The van der Waals surface area contributed by atoms with E-state index in [1.54, 1.807) is 0 Å². The van der Waals surface area contributed by atoms with Crippen LogP contribution in [0.3, 0.4) is 0 Å². The van der Waals surface area contributed by atoms with E-state index in [4.69, 9.17) is 0 Å². The molecule has 0 aliphatic rings. The van der Waals surface area contributed by atoms with Gasteiger partial charge in [-0.15, -0.1) is 0 Å². The minimum atomic E-state index is 0. The van der Waals surface area contributed by atoms with Crippen LogP contribution in [0, 0.1) is 0 Å². The average molecular weight is 158 g/mol. The van der Waals surface area contributed by atoms with Crippen molar-refractivity contribution in [2.24, 2.45) is 0 Å². The van der Waals surface area contributed by atoms with Crippen LogP contribution < -0.4 is 29.6 Å². The minimum absolute atomic E-state index is 0. The molecule has 0 unspecified atom stereocenters. The molecule has 0 saturated carbocycles. The largest absolute Gasteiger partial charge is 1.00 e. The van der Waals surface area contributed by atoms with Crippen LogP contribution in [0.2, 0.25) is 0 Å². The second-order valence-electron chi connectivity index (χ2n) is 1.86. The van der Waals surface area contributed by atoms with Crippen LogP contribution in [-0.4, -0.2) is 6.47 Å². The van der Waals surface area contributed by atoms with Crippen LogP contribution >= 0.6 is 0 Å². The zero-order chi connectivity index (χ0) is 7.23. The van der Waals surface area contributed by atoms with Crippen LogP contribution in [-0.2, 0) is 16.1 Å². The zero-order valence-electron chi connectivity index (χ0n) is 6.41. The smallest absolute Gasteiger partial charge is 0.650 e. The molecule has 0 aliphatic heterocycles. The Morgan fingerprint density at radius 1 is 1.27 bits per heavy atom. The Hall–Kier alpha value is -0.310. The summed E-state index contributed by atoms with van der Waals surface area (Å²) in [6, 6.07) is 9.47. The monoisotopic (exact) mass is 158 g/mol. The third-order valence-electron chi connectivity index (χ3n) is 1.14. The SMILES string of the molecule is O=[C-]OCc1ccccc1.[Na+]. The first-order chi connectivity index (χ1) is 4.93. The molecule has 0 fully saturated rings. The van der Waals surface area contributed by atoms with Gasteiger partial charge in [0, 0.05) is 0 Å². The minimum Gasteiger partial charge on any atom is -0.650 e. The van der Waals surface area contributed by atoms with Crippen molar-refractivity contribution in [2.75, 3.05) is 0 Å². The van der Waals surface area contributed by atoms with E-state index in [0.717, 1.165) is 5.56 Å². The van der Waals surface area contributed by atoms with Crippen LogP contribution in [0.25, 0.3) is 0 Å². The third-order valence-corrected chi connectivity index (χ3v) is 1.14. The normalized spacial score (nSPS) is 8.00. The van der Waals surface area contributed by atoms with Gasteiger partial charge in [0.15, 0.2) is 0 Å². The molecule has 11 heavy (non-hydrogen) atoms. The van der Waals surface area contributed by atoms with E-state index in [2.05, 4.69) is 4.74 Å². The maximum Gasteiger partial charge on any atom is 1.00 e. The molecule has 1 rings (SSSR count). The molecular weight excluding hydrogens is 151 g/mol. The van der Waals surface area contributed by atoms with Gasteiger partial charge in [-0.05, 0) is 5.56 Å². The summed E-state index contributed by atoms with van der Waals surface area (Å²) in [6.45, 7) is 1.68. The van der Waals surface area contributed by atoms with Crippen molar-refractivity contribution in [2.45, 2.75) is 6.61 Å². The molecule has 0 N–H and O–H groups in total. The number of hydrogen-bond donors (Lipinski definition) is 0. The van der Waals surface area contributed by atoms with Crippen molar-refractivity contribution in [1.29, 1.82) is 0 Å². The fourth-order valence-corrected chi connectivity index (χ4v) is 0.687. The van der Waals surface area contributed by atoms with Gasteiger partial charge in [0.25, 0.3) is 0 Å². The maximum absolute atomic E-state index is 9.63. The second-order valence-corrected chi connectivity index (χ2v) is 1.86. The van der Waals surface area contributed by atoms with Crippen molar-refractivity contribution in [3.63, 3.8) is 0 Å². The molecule has 0 aliphatic carbocycles. The maximum atomic E-state index is 9.63. The summed E-state index contributed by atoms with van der Waals surface area (Å²) in [5, 5.41) is 0. The van der Waals surface area contributed by atoms with Gasteiger partial charge >= 0.3 is 29.6 Å². The molecule has 0 saturated heterocycles. The fraction of sp³-hybridized carbons (Fsp3) is 0.125. The van der Waals surface area contributed by atoms with E-state index in [0.29, 0.717) is 6.61 Å². The molecule has 0 radical (unpaired) electrons. The van der Waals surface area contributed by atoms with Crippen LogP contribution in [0.15, 0.2) is 30.3 Å². The third kappa shape index (κ3) is 4.19. The Morgan fingerprint density at radius 3 is 2.45 bits per heavy atom. The van der Waals surface area contributed by atoms with Crippen LogP contribution in [0.1, 0.15) is 5.56 Å². The second kappa shape index (κ2) is 6.40. The van der Waals surface area contributed by atoms with Gasteiger partial charge in [0.2, 0.25) is 0 Å². The Bertz CT molecular complexity index is 199. The number of carbonyl (C=O) groups excluding carboxylic acids is 1. The first kappa shape index (κ1) is 10.7. The Balaban J connectivity index is 0.000001000. The summed E-state index contributed by atoms with van der Waals surface area (Å²) in [7, 11) is 0. The number of rotatable bonds is 3. The molecule has 0 spiro atoms. The Labute approximate surface area is 87.8 Å². The van der Waals surface area contributed by atoms with Gasteiger partial charge in [-0.3, -0.25) is 0 Å². The molecule has 2 nitrogen and oxygen atoms in total. The standard InChI is InChI=1S/C8H7O2.Na/c9-7-10-6-8-4-2-1-3-5-8;/h1-5H,6H2;/q-1;+1. The average Bonchev–Trinajstić information content (AvgIpc) is 2.03. The summed E-state index contributed by atoms with van der Waals surface area (Å²) in [4.78, 5) is 9.63. The predicted octanol–water partition coefficient (Wildman–Crippen LogP) is -1.73. The summed E-state index contributed by atoms with van der Waals surface area (Å²) in [5.41, 5.74) is 0.978. The van der Waals surface area contributed by atoms with Gasteiger partial charge in [-0.2, -0.15) is 0 Å². The Kier molecular flexibility index (Phi) is 6.22. The molecule has 0 heterocycles. The van der Waals surface area contributed by atoms with Crippen molar-refractivity contribution in [3.8, 4) is 0 Å². The molecule has 0 aromatic heterocycles. The number of ether oxygens (including phenoxy) is 1. The van der Waals surface area contributed by atoms with E-state index in [9.17, 15) is 4.79 Å². The van der Waals surface area contributed by atoms with E-state index in [1.165, 1.54) is 6.47 Å². The number of hydrogen-bond acceptors (Lipinski definition) is 2. The summed E-state index contributed by atoms with van der Waals surface area (Å²) >= 11 is 0. The van der Waals surface area contributed by atoms with Gasteiger partial charge < -0.3 is 9.53 Å². The van der Waals surface area contributed by atoms with Gasteiger partial charge in [-0.1, -0.05) is 36.8 Å². The number of benzene rings is 1. The first-order valence-corrected chi connectivity index (χ1v) is 2.96.